The van der Waals surface area contributed by atoms with Crippen LogP contribution in [0, 0.1) is 3.57 Å². The highest BCUT2D eigenvalue weighted by Crippen LogP contribution is 2.11. The number of carbonyl (C=O) groups excluding carboxylic acids is 1. The van der Waals surface area contributed by atoms with Crippen LogP contribution >= 0.6 is 34.2 Å². The molecule has 0 saturated heterocycles. The van der Waals surface area contributed by atoms with Gasteiger partial charge in [-0.25, -0.2) is 0 Å². The summed E-state index contributed by atoms with van der Waals surface area (Å²) in [4.78, 5) is 14.2. The van der Waals surface area contributed by atoms with Crippen molar-refractivity contribution in [3.05, 3.63) is 33.4 Å². The number of halogens is 2. The first kappa shape index (κ1) is 16.7. The van der Waals surface area contributed by atoms with Crippen LogP contribution < -0.4 is 0 Å². The van der Waals surface area contributed by atoms with Crippen molar-refractivity contribution in [3.63, 3.8) is 0 Å². The van der Waals surface area contributed by atoms with Gasteiger partial charge < -0.3 is 9.64 Å². The Balaban J connectivity index is 2.64. The summed E-state index contributed by atoms with van der Waals surface area (Å²) >= 11 is 7.77. The summed E-state index contributed by atoms with van der Waals surface area (Å²) in [7, 11) is 0. The molecule has 0 heterocycles. The number of alkyl halides is 1. The molecule has 1 aromatic rings. The Morgan fingerprint density at radius 3 is 2.47 bits per heavy atom. The predicted octanol–water partition coefficient (Wildman–Crippen LogP) is 3.40. The summed E-state index contributed by atoms with van der Waals surface area (Å²) in [6.45, 7) is 5.63. The van der Waals surface area contributed by atoms with Gasteiger partial charge in [-0.15, -0.1) is 11.6 Å². The van der Waals surface area contributed by atoms with Crippen molar-refractivity contribution in [2.45, 2.75) is 19.9 Å². The van der Waals surface area contributed by atoms with Crippen LogP contribution in [0.25, 0.3) is 0 Å². The molecule has 19 heavy (non-hydrogen) atoms. The summed E-state index contributed by atoms with van der Waals surface area (Å²) in [5.41, 5.74) is 0.714. The molecule has 0 spiro atoms. The van der Waals surface area contributed by atoms with E-state index < -0.39 is 0 Å². The summed E-state index contributed by atoms with van der Waals surface area (Å²) in [5.74, 6) is 0.521. The fourth-order valence-corrected chi connectivity index (χ4v) is 2.14. The van der Waals surface area contributed by atoms with Gasteiger partial charge in [-0.05, 0) is 60.7 Å². The molecule has 1 amide bonds. The lowest BCUT2D eigenvalue weighted by atomic mass is 10.2. The third-order valence-electron chi connectivity index (χ3n) is 2.67. The number of rotatable bonds is 7. The molecule has 5 heteroatoms. The highest BCUT2D eigenvalue weighted by Gasteiger charge is 2.18. The lowest BCUT2D eigenvalue weighted by Gasteiger charge is -2.26. The number of nitrogens with zero attached hydrogens (tertiary/aromatic N) is 1. The largest absolute Gasteiger partial charge is 0.378 e. The molecule has 0 bridgehead atoms. The van der Waals surface area contributed by atoms with Crippen molar-refractivity contribution in [2.75, 3.05) is 25.6 Å². The molecule has 0 aliphatic heterocycles. The first-order valence-corrected chi connectivity index (χ1v) is 7.88. The molecular formula is C14H19ClINO2. The monoisotopic (exact) mass is 395 g/mol. The van der Waals surface area contributed by atoms with Gasteiger partial charge in [0.2, 0.25) is 0 Å². The molecule has 1 aromatic carbocycles. The number of hydrogen-bond acceptors (Lipinski definition) is 2. The van der Waals surface area contributed by atoms with Gasteiger partial charge in [0, 0.05) is 27.6 Å². The van der Waals surface area contributed by atoms with Gasteiger partial charge in [0.1, 0.15) is 0 Å². The van der Waals surface area contributed by atoms with E-state index in [1.54, 1.807) is 0 Å². The molecule has 1 rings (SSSR count). The van der Waals surface area contributed by atoms with E-state index in [4.69, 9.17) is 16.3 Å². The Bertz CT molecular complexity index is 395. The summed E-state index contributed by atoms with van der Waals surface area (Å²) in [6.07, 6.45) is 0. The number of carbonyl (C=O) groups is 1. The number of hydrogen-bond donors (Lipinski definition) is 0. The van der Waals surface area contributed by atoms with Crippen LogP contribution in [0.1, 0.15) is 24.2 Å². The minimum absolute atomic E-state index is 0.0425. The second-order valence-corrected chi connectivity index (χ2v) is 6.02. The zero-order valence-electron chi connectivity index (χ0n) is 11.2. The maximum Gasteiger partial charge on any atom is 0.254 e. The quantitative estimate of drug-likeness (QED) is 0.402. The molecular weight excluding hydrogens is 377 g/mol. The summed E-state index contributed by atoms with van der Waals surface area (Å²) < 4.78 is 6.46. The van der Waals surface area contributed by atoms with Gasteiger partial charge in [-0.2, -0.15) is 0 Å². The van der Waals surface area contributed by atoms with Crippen molar-refractivity contribution in [1.82, 2.24) is 4.90 Å². The zero-order chi connectivity index (χ0) is 14.3. The highest BCUT2D eigenvalue weighted by atomic mass is 127. The molecule has 0 aromatic heterocycles. The molecule has 0 unspecified atom stereocenters. The average molecular weight is 396 g/mol. The highest BCUT2D eigenvalue weighted by molar-refractivity contribution is 14.1. The van der Waals surface area contributed by atoms with Crippen LogP contribution in [0.3, 0.4) is 0 Å². The second-order valence-electron chi connectivity index (χ2n) is 4.40. The summed E-state index contributed by atoms with van der Waals surface area (Å²) in [6, 6.07) is 7.75. The van der Waals surface area contributed by atoms with E-state index in [9.17, 15) is 4.79 Å². The van der Waals surface area contributed by atoms with Crippen molar-refractivity contribution >= 4 is 40.1 Å². The molecule has 0 aliphatic carbocycles. The van der Waals surface area contributed by atoms with Crippen LogP contribution in [0.4, 0.5) is 0 Å². The van der Waals surface area contributed by atoms with Gasteiger partial charge in [0.15, 0.2) is 0 Å². The van der Waals surface area contributed by atoms with Crippen molar-refractivity contribution in [1.29, 1.82) is 0 Å². The fourth-order valence-electron chi connectivity index (χ4n) is 1.67. The van der Waals surface area contributed by atoms with Crippen molar-refractivity contribution in [2.24, 2.45) is 0 Å². The van der Waals surface area contributed by atoms with Crippen LogP contribution in [0.15, 0.2) is 24.3 Å². The van der Waals surface area contributed by atoms with E-state index in [2.05, 4.69) is 22.6 Å². The van der Waals surface area contributed by atoms with Crippen LogP contribution in [-0.4, -0.2) is 42.5 Å². The van der Waals surface area contributed by atoms with Gasteiger partial charge in [0.25, 0.3) is 5.91 Å². The third-order valence-corrected chi connectivity index (χ3v) is 3.55. The summed E-state index contributed by atoms with van der Waals surface area (Å²) in [5, 5.41) is 0. The molecule has 106 valence electrons. The molecule has 0 radical (unpaired) electrons. The first-order valence-electron chi connectivity index (χ1n) is 6.26. The van der Waals surface area contributed by atoms with Gasteiger partial charge in [-0.1, -0.05) is 0 Å². The topological polar surface area (TPSA) is 29.5 Å². The number of amides is 1. The SMILES string of the molecule is CC(C)N(CCOCCCl)C(=O)c1ccc(I)cc1. The Hall–Kier alpha value is -0.330. The Kier molecular flexibility index (Phi) is 7.71. The van der Waals surface area contributed by atoms with E-state index in [1.807, 2.05) is 43.0 Å². The number of benzene rings is 1. The van der Waals surface area contributed by atoms with Gasteiger partial charge >= 0.3 is 0 Å². The second kappa shape index (κ2) is 8.76. The number of ether oxygens (including phenoxy) is 1. The third kappa shape index (κ3) is 5.67. The molecule has 0 saturated carbocycles. The molecule has 0 N–H and O–H groups in total. The predicted molar refractivity (Wildman–Crippen MR) is 86.9 cm³/mol. The molecule has 0 atom stereocenters. The van der Waals surface area contributed by atoms with E-state index in [1.165, 1.54) is 0 Å². The smallest absolute Gasteiger partial charge is 0.254 e. The molecule has 0 aliphatic rings. The standard InChI is InChI=1S/C14H19ClINO2/c1-11(2)17(8-10-19-9-7-15)14(18)12-3-5-13(16)6-4-12/h3-6,11H,7-10H2,1-2H3. The van der Waals surface area contributed by atoms with E-state index in [0.717, 1.165) is 3.57 Å². The Labute approximate surface area is 133 Å². The van der Waals surface area contributed by atoms with E-state index in [-0.39, 0.29) is 11.9 Å². The Morgan fingerprint density at radius 1 is 1.32 bits per heavy atom. The minimum Gasteiger partial charge on any atom is -0.378 e. The maximum atomic E-state index is 12.4. The van der Waals surface area contributed by atoms with Crippen LogP contribution in [-0.2, 0) is 4.74 Å². The van der Waals surface area contributed by atoms with Crippen LogP contribution in [0.2, 0.25) is 0 Å². The molecule has 3 nitrogen and oxygen atoms in total. The lowest BCUT2D eigenvalue weighted by Crippen LogP contribution is -2.39. The Morgan fingerprint density at radius 2 is 1.95 bits per heavy atom. The van der Waals surface area contributed by atoms with Gasteiger partial charge in [-0.3, -0.25) is 4.79 Å². The first-order chi connectivity index (χ1) is 9.06. The van der Waals surface area contributed by atoms with Crippen molar-refractivity contribution < 1.29 is 9.53 Å². The lowest BCUT2D eigenvalue weighted by molar-refractivity contribution is 0.0595. The van der Waals surface area contributed by atoms with Crippen LogP contribution in [0.5, 0.6) is 0 Å². The minimum atomic E-state index is 0.0425. The zero-order valence-corrected chi connectivity index (χ0v) is 14.1. The maximum absolute atomic E-state index is 12.4. The van der Waals surface area contributed by atoms with E-state index >= 15 is 0 Å². The molecule has 0 fully saturated rings. The average Bonchev–Trinajstić information content (AvgIpc) is 2.38. The fraction of sp³-hybridized carbons (Fsp3) is 0.500. The normalized spacial score (nSPS) is 10.8. The van der Waals surface area contributed by atoms with Crippen molar-refractivity contribution in [3.8, 4) is 0 Å². The van der Waals surface area contributed by atoms with Gasteiger partial charge in [0.05, 0.1) is 13.2 Å². The van der Waals surface area contributed by atoms with E-state index in [0.29, 0.717) is 31.2 Å².